The smallest absolute Gasteiger partial charge is 0.143 e. The zero-order valence-corrected chi connectivity index (χ0v) is 10.6. The lowest BCUT2D eigenvalue weighted by Gasteiger charge is -2.32. The monoisotopic (exact) mass is 235 g/mol. The predicted molar refractivity (Wildman–Crippen MR) is 66.8 cm³/mol. The Morgan fingerprint density at radius 2 is 2.18 bits per heavy atom. The molecule has 0 bridgehead atoms. The van der Waals surface area contributed by atoms with Gasteiger partial charge in [-0.25, -0.2) is 0 Å². The maximum atomic E-state index is 9.23. The van der Waals surface area contributed by atoms with E-state index in [4.69, 9.17) is 4.74 Å². The van der Waals surface area contributed by atoms with Crippen LogP contribution in [0.25, 0.3) is 0 Å². The minimum Gasteiger partial charge on any atom is -0.488 e. The van der Waals surface area contributed by atoms with E-state index < -0.39 is 0 Å². The summed E-state index contributed by atoms with van der Waals surface area (Å²) in [4.78, 5) is 4.06. The lowest BCUT2D eigenvalue weighted by molar-refractivity contribution is 0.0977. The van der Waals surface area contributed by atoms with E-state index in [9.17, 15) is 5.11 Å². The third-order valence-corrected chi connectivity index (χ3v) is 3.88. The lowest BCUT2D eigenvalue weighted by atomic mass is 9.80. The van der Waals surface area contributed by atoms with Crippen LogP contribution in [0, 0.1) is 11.8 Å². The fourth-order valence-corrected chi connectivity index (χ4v) is 2.43. The fraction of sp³-hybridized carbons (Fsp3) is 0.643. The van der Waals surface area contributed by atoms with E-state index in [2.05, 4.69) is 18.8 Å². The van der Waals surface area contributed by atoms with Crippen LogP contribution in [0.5, 0.6) is 5.75 Å². The Labute approximate surface area is 103 Å². The molecule has 1 aliphatic carbocycles. The van der Waals surface area contributed by atoms with Gasteiger partial charge in [0.2, 0.25) is 0 Å². The average Bonchev–Trinajstić information content (AvgIpc) is 2.34. The number of hydrogen-bond acceptors (Lipinski definition) is 3. The number of rotatable bonds is 3. The van der Waals surface area contributed by atoms with E-state index in [0.717, 1.165) is 30.1 Å². The van der Waals surface area contributed by atoms with E-state index in [1.165, 1.54) is 6.42 Å². The van der Waals surface area contributed by atoms with Crippen molar-refractivity contribution in [2.24, 2.45) is 11.8 Å². The second-order valence-electron chi connectivity index (χ2n) is 5.15. The van der Waals surface area contributed by atoms with Gasteiger partial charge in [0.05, 0.1) is 18.9 Å². The molecule has 94 valence electrons. The number of ether oxygens (including phenoxy) is 1. The third-order valence-electron chi connectivity index (χ3n) is 3.88. The molecule has 3 heteroatoms. The summed E-state index contributed by atoms with van der Waals surface area (Å²) in [6, 6.07) is 1.81. The molecular formula is C14H21NO2. The topological polar surface area (TPSA) is 42.4 Å². The molecule has 1 N–H and O–H groups in total. The Kier molecular flexibility index (Phi) is 4.00. The molecule has 2 rings (SSSR count). The van der Waals surface area contributed by atoms with Crippen LogP contribution in [0.15, 0.2) is 18.5 Å². The molecule has 1 heterocycles. The molecule has 1 aliphatic rings. The summed E-state index contributed by atoms with van der Waals surface area (Å²) >= 11 is 0. The molecule has 0 saturated heterocycles. The SMILES string of the molecule is CC1CCC(Oc2cnccc2CO)CC1C. The van der Waals surface area contributed by atoms with Crippen LogP contribution in [0.1, 0.15) is 38.7 Å². The van der Waals surface area contributed by atoms with Crippen LogP contribution in [-0.2, 0) is 6.61 Å². The van der Waals surface area contributed by atoms with Crippen molar-refractivity contribution in [3.8, 4) is 5.75 Å². The Bertz CT molecular complexity index is 367. The zero-order valence-electron chi connectivity index (χ0n) is 10.6. The molecule has 1 fully saturated rings. The predicted octanol–water partition coefficient (Wildman–Crippen LogP) is 2.78. The van der Waals surface area contributed by atoms with Crippen molar-refractivity contribution in [1.29, 1.82) is 0 Å². The van der Waals surface area contributed by atoms with Gasteiger partial charge >= 0.3 is 0 Å². The molecule has 17 heavy (non-hydrogen) atoms. The standard InChI is InChI=1S/C14H21NO2/c1-10-3-4-13(7-11(10)2)17-14-8-15-6-5-12(14)9-16/h5-6,8,10-11,13,16H,3-4,7,9H2,1-2H3. The van der Waals surface area contributed by atoms with Gasteiger partial charge in [-0.1, -0.05) is 13.8 Å². The van der Waals surface area contributed by atoms with E-state index in [-0.39, 0.29) is 12.7 Å². The van der Waals surface area contributed by atoms with Gasteiger partial charge in [-0.15, -0.1) is 0 Å². The largest absolute Gasteiger partial charge is 0.488 e. The second kappa shape index (κ2) is 5.50. The highest BCUT2D eigenvalue weighted by Gasteiger charge is 2.26. The van der Waals surface area contributed by atoms with Gasteiger partial charge in [0.25, 0.3) is 0 Å². The molecule has 3 unspecified atom stereocenters. The van der Waals surface area contributed by atoms with Gasteiger partial charge in [0.15, 0.2) is 0 Å². The van der Waals surface area contributed by atoms with Crippen molar-refractivity contribution in [3.05, 3.63) is 24.0 Å². The summed E-state index contributed by atoms with van der Waals surface area (Å²) in [5, 5.41) is 9.23. The van der Waals surface area contributed by atoms with Crippen molar-refractivity contribution >= 4 is 0 Å². The summed E-state index contributed by atoms with van der Waals surface area (Å²) in [7, 11) is 0. The van der Waals surface area contributed by atoms with Crippen LogP contribution in [0.2, 0.25) is 0 Å². The van der Waals surface area contributed by atoms with Gasteiger partial charge in [-0.05, 0) is 37.2 Å². The Morgan fingerprint density at radius 1 is 1.35 bits per heavy atom. The maximum absolute atomic E-state index is 9.23. The van der Waals surface area contributed by atoms with Crippen molar-refractivity contribution in [1.82, 2.24) is 4.98 Å². The minimum absolute atomic E-state index is 0.0104. The number of pyridine rings is 1. The molecule has 3 atom stereocenters. The summed E-state index contributed by atoms with van der Waals surface area (Å²) in [6.07, 6.45) is 7.08. The van der Waals surface area contributed by atoms with E-state index in [0.29, 0.717) is 5.92 Å². The van der Waals surface area contributed by atoms with Crippen LogP contribution in [0.4, 0.5) is 0 Å². The van der Waals surface area contributed by atoms with E-state index in [1.54, 1.807) is 12.4 Å². The number of aromatic nitrogens is 1. The highest BCUT2D eigenvalue weighted by Crippen LogP contribution is 2.32. The summed E-state index contributed by atoms with van der Waals surface area (Å²) in [6.45, 7) is 4.61. The molecule has 0 aliphatic heterocycles. The molecule has 0 radical (unpaired) electrons. The second-order valence-corrected chi connectivity index (χ2v) is 5.15. The highest BCUT2D eigenvalue weighted by molar-refractivity contribution is 5.29. The molecule has 3 nitrogen and oxygen atoms in total. The van der Waals surface area contributed by atoms with E-state index >= 15 is 0 Å². The molecule has 1 saturated carbocycles. The summed E-state index contributed by atoms with van der Waals surface area (Å²) in [5.41, 5.74) is 0.825. The van der Waals surface area contributed by atoms with Crippen LogP contribution >= 0.6 is 0 Å². The van der Waals surface area contributed by atoms with Crippen molar-refractivity contribution in [2.45, 2.75) is 45.8 Å². The van der Waals surface area contributed by atoms with Crippen molar-refractivity contribution < 1.29 is 9.84 Å². The molecule has 0 aromatic carbocycles. The lowest BCUT2D eigenvalue weighted by Crippen LogP contribution is -2.29. The van der Waals surface area contributed by atoms with Crippen LogP contribution in [-0.4, -0.2) is 16.2 Å². The van der Waals surface area contributed by atoms with Crippen LogP contribution in [0.3, 0.4) is 0 Å². The highest BCUT2D eigenvalue weighted by atomic mass is 16.5. The Morgan fingerprint density at radius 3 is 2.88 bits per heavy atom. The summed E-state index contributed by atoms with van der Waals surface area (Å²) < 4.78 is 5.97. The van der Waals surface area contributed by atoms with Crippen molar-refractivity contribution in [3.63, 3.8) is 0 Å². The average molecular weight is 235 g/mol. The van der Waals surface area contributed by atoms with Gasteiger partial charge in [0, 0.05) is 11.8 Å². The first-order valence-corrected chi connectivity index (χ1v) is 6.41. The normalized spacial score (nSPS) is 29.0. The number of hydrogen-bond donors (Lipinski definition) is 1. The van der Waals surface area contributed by atoms with Crippen LogP contribution < -0.4 is 4.74 Å². The maximum Gasteiger partial charge on any atom is 0.143 e. The van der Waals surface area contributed by atoms with Crippen molar-refractivity contribution in [2.75, 3.05) is 0 Å². The number of aliphatic hydroxyl groups excluding tert-OH is 1. The van der Waals surface area contributed by atoms with Gasteiger partial charge in [0.1, 0.15) is 5.75 Å². The molecule has 0 amide bonds. The van der Waals surface area contributed by atoms with Gasteiger partial charge < -0.3 is 9.84 Å². The van der Waals surface area contributed by atoms with Gasteiger partial charge in [-0.2, -0.15) is 0 Å². The first-order chi connectivity index (χ1) is 8.20. The molecule has 1 aromatic heterocycles. The minimum atomic E-state index is 0.0104. The first kappa shape index (κ1) is 12.4. The molecular weight excluding hydrogens is 214 g/mol. The summed E-state index contributed by atoms with van der Waals surface area (Å²) in [5.74, 6) is 2.24. The first-order valence-electron chi connectivity index (χ1n) is 6.41. The third kappa shape index (κ3) is 2.97. The zero-order chi connectivity index (χ0) is 12.3. The Hall–Kier alpha value is -1.09. The van der Waals surface area contributed by atoms with Gasteiger partial charge in [-0.3, -0.25) is 4.98 Å². The number of aliphatic hydroxyl groups is 1. The Balaban J connectivity index is 2.01. The fourth-order valence-electron chi connectivity index (χ4n) is 2.43. The number of nitrogens with zero attached hydrogens (tertiary/aromatic N) is 1. The van der Waals surface area contributed by atoms with E-state index in [1.807, 2.05) is 6.07 Å². The molecule has 1 aromatic rings. The molecule has 0 spiro atoms. The quantitative estimate of drug-likeness (QED) is 0.876.